The fourth-order valence-corrected chi connectivity index (χ4v) is 6.81. The first kappa shape index (κ1) is 24.6. The molecule has 0 bridgehead atoms. The second-order valence-electron chi connectivity index (χ2n) is 8.88. The molecule has 11 heteroatoms. The first-order valence-electron chi connectivity index (χ1n) is 11.9. The van der Waals surface area contributed by atoms with Crippen LogP contribution in [0.2, 0.25) is 0 Å². The number of benzene rings is 2. The van der Waals surface area contributed by atoms with Gasteiger partial charge in [0.1, 0.15) is 0 Å². The molecule has 9 nitrogen and oxygen atoms in total. The van der Waals surface area contributed by atoms with Crippen molar-refractivity contribution in [2.24, 2.45) is 0 Å². The Labute approximate surface area is 214 Å². The lowest BCUT2D eigenvalue weighted by molar-refractivity contribution is 0.431. The maximum Gasteiger partial charge on any atom is 0.243 e. The number of nitrogens with one attached hydrogen (secondary N) is 2. The van der Waals surface area contributed by atoms with Gasteiger partial charge in [-0.15, -0.1) is 0 Å². The lowest BCUT2D eigenvalue weighted by Crippen LogP contribution is -2.34. The van der Waals surface area contributed by atoms with Crippen LogP contribution >= 0.6 is 11.3 Å². The number of hydrogen-bond donors (Lipinski definition) is 3. The number of sulfonamides is 1. The Hall–Kier alpha value is -3.12. The summed E-state index contributed by atoms with van der Waals surface area (Å²) in [6.07, 6.45) is 6.13. The number of thiazole rings is 1. The highest BCUT2D eigenvalue weighted by molar-refractivity contribution is 7.89. The van der Waals surface area contributed by atoms with Gasteiger partial charge >= 0.3 is 0 Å². The Morgan fingerprint density at radius 1 is 1.06 bits per heavy atom. The second-order valence-corrected chi connectivity index (χ2v) is 11.9. The fourth-order valence-electron chi connectivity index (χ4n) is 4.33. The summed E-state index contributed by atoms with van der Waals surface area (Å²) in [5, 5.41) is 7.00. The summed E-state index contributed by atoms with van der Waals surface area (Å²) >= 11 is 1.50. The molecule has 4 N–H and O–H groups in total. The van der Waals surface area contributed by atoms with Crippen LogP contribution in [-0.4, -0.2) is 53.9 Å². The van der Waals surface area contributed by atoms with Crippen LogP contribution in [0.1, 0.15) is 23.1 Å². The molecule has 2 aromatic heterocycles. The van der Waals surface area contributed by atoms with Crippen molar-refractivity contribution < 1.29 is 8.42 Å². The van der Waals surface area contributed by atoms with E-state index in [1.165, 1.54) is 16.9 Å². The molecular weight excluding hydrogens is 494 g/mol. The zero-order chi connectivity index (χ0) is 25.1. The van der Waals surface area contributed by atoms with Gasteiger partial charge in [0.05, 0.1) is 15.1 Å². The van der Waals surface area contributed by atoms with Crippen LogP contribution in [0.5, 0.6) is 0 Å². The molecule has 2 aromatic carbocycles. The normalized spacial score (nSPS) is 15.1. The van der Waals surface area contributed by atoms with E-state index in [-0.39, 0.29) is 0 Å². The molecule has 188 valence electrons. The molecule has 3 heterocycles. The van der Waals surface area contributed by atoms with Crippen molar-refractivity contribution in [3.8, 4) is 0 Å². The molecular formula is C25H29N7O2S2. The molecule has 0 unspecified atom stereocenters. The Morgan fingerprint density at radius 2 is 1.86 bits per heavy atom. The molecule has 0 aliphatic carbocycles. The van der Waals surface area contributed by atoms with Gasteiger partial charge in [-0.05, 0) is 79.8 Å². The second kappa shape index (κ2) is 10.5. The predicted octanol–water partition coefficient (Wildman–Crippen LogP) is 3.49. The highest BCUT2D eigenvalue weighted by Crippen LogP contribution is 2.26. The molecule has 0 spiro atoms. The third kappa shape index (κ3) is 5.49. The number of aromatic nitrogens is 3. The van der Waals surface area contributed by atoms with Crippen LogP contribution in [0.3, 0.4) is 0 Å². The number of nitrogen functional groups attached to an aromatic ring is 1. The molecule has 1 aliphatic heterocycles. The summed E-state index contributed by atoms with van der Waals surface area (Å²) in [5.41, 5.74) is 10.4. The van der Waals surface area contributed by atoms with E-state index in [0.29, 0.717) is 41.2 Å². The summed E-state index contributed by atoms with van der Waals surface area (Å²) in [5.74, 6) is 0.467. The maximum absolute atomic E-state index is 13.1. The van der Waals surface area contributed by atoms with E-state index in [9.17, 15) is 8.42 Å². The van der Waals surface area contributed by atoms with E-state index in [2.05, 4.69) is 37.7 Å². The quantitative estimate of drug-likeness (QED) is 0.336. The van der Waals surface area contributed by atoms with E-state index in [4.69, 9.17) is 5.73 Å². The van der Waals surface area contributed by atoms with Gasteiger partial charge in [-0.3, -0.25) is 0 Å². The van der Waals surface area contributed by atoms with Crippen molar-refractivity contribution in [1.29, 1.82) is 0 Å². The summed E-state index contributed by atoms with van der Waals surface area (Å²) in [6.45, 7) is 4.34. The Kier molecular flexibility index (Phi) is 7.15. The van der Waals surface area contributed by atoms with Gasteiger partial charge in [0.25, 0.3) is 0 Å². The summed E-state index contributed by atoms with van der Waals surface area (Å²) in [6, 6.07) is 11.5. The van der Waals surface area contributed by atoms with Gasteiger partial charge in [-0.1, -0.05) is 17.4 Å². The Balaban J connectivity index is 1.22. The van der Waals surface area contributed by atoms with Crippen molar-refractivity contribution in [2.75, 3.05) is 37.2 Å². The molecule has 36 heavy (non-hydrogen) atoms. The van der Waals surface area contributed by atoms with Crippen molar-refractivity contribution in [3.05, 3.63) is 65.5 Å². The molecule has 1 fully saturated rings. The first-order valence-corrected chi connectivity index (χ1v) is 14.2. The number of nitrogens with zero attached hydrogens (tertiary/aromatic N) is 4. The fraction of sp³-hybridized carbons (Fsp3) is 0.320. The van der Waals surface area contributed by atoms with E-state index in [1.54, 1.807) is 16.4 Å². The third-order valence-electron chi connectivity index (χ3n) is 6.23. The number of fused-ring (bicyclic) bond motifs is 1. The minimum atomic E-state index is -3.53. The minimum absolute atomic E-state index is 0.338. The molecule has 0 radical (unpaired) electrons. The summed E-state index contributed by atoms with van der Waals surface area (Å²) < 4.78 is 28.9. The van der Waals surface area contributed by atoms with Crippen LogP contribution in [0.25, 0.3) is 10.2 Å². The van der Waals surface area contributed by atoms with Gasteiger partial charge in [0.15, 0.2) is 5.13 Å². The smallest absolute Gasteiger partial charge is 0.243 e. The van der Waals surface area contributed by atoms with Crippen LogP contribution in [0, 0.1) is 6.92 Å². The van der Waals surface area contributed by atoms with Crippen molar-refractivity contribution in [2.45, 2.75) is 31.1 Å². The van der Waals surface area contributed by atoms with Crippen LogP contribution in [-0.2, 0) is 22.9 Å². The predicted molar refractivity (Wildman–Crippen MR) is 144 cm³/mol. The summed E-state index contributed by atoms with van der Waals surface area (Å²) in [4.78, 5) is 13.5. The highest BCUT2D eigenvalue weighted by atomic mass is 32.2. The zero-order valence-corrected chi connectivity index (χ0v) is 21.7. The van der Waals surface area contributed by atoms with Crippen molar-refractivity contribution in [1.82, 2.24) is 24.6 Å². The number of aryl methyl sites for hydroxylation is 3. The largest absolute Gasteiger partial charge is 0.375 e. The van der Waals surface area contributed by atoms with Crippen molar-refractivity contribution >= 4 is 48.3 Å². The van der Waals surface area contributed by atoms with E-state index < -0.39 is 10.0 Å². The molecule has 4 aromatic rings. The van der Waals surface area contributed by atoms with Gasteiger partial charge < -0.3 is 16.4 Å². The monoisotopic (exact) mass is 523 g/mol. The zero-order valence-electron chi connectivity index (χ0n) is 20.1. The number of nitrogens with two attached hydrogens (primary N) is 1. The van der Waals surface area contributed by atoms with Crippen LogP contribution in [0.4, 0.5) is 16.8 Å². The van der Waals surface area contributed by atoms with Gasteiger partial charge in [-0.25, -0.2) is 23.4 Å². The lowest BCUT2D eigenvalue weighted by Gasteiger charge is -2.21. The molecule has 0 amide bonds. The third-order valence-corrected chi connectivity index (χ3v) is 9.13. The van der Waals surface area contributed by atoms with E-state index in [0.717, 1.165) is 47.3 Å². The molecule has 0 atom stereocenters. The molecule has 1 saturated heterocycles. The van der Waals surface area contributed by atoms with Crippen LogP contribution in [0.15, 0.2) is 53.7 Å². The minimum Gasteiger partial charge on any atom is -0.375 e. The average molecular weight is 524 g/mol. The molecule has 0 saturated carbocycles. The highest BCUT2D eigenvalue weighted by Gasteiger charge is 2.26. The number of rotatable bonds is 7. The van der Waals surface area contributed by atoms with Gasteiger partial charge in [0, 0.05) is 37.7 Å². The molecule has 5 rings (SSSR count). The SMILES string of the molecule is Cc1cc(Nc2ncc(CCc3ccc4nc(N)sc4c3)cn2)ccc1S(=O)(=O)N1CCCNCC1. The first-order chi connectivity index (χ1) is 17.4. The standard InChI is InChI=1S/C25H29N7O2S2/c1-17-13-20(6-8-23(17)36(33,34)32-11-2-9-27-10-12-32)30-25-28-15-19(16-29-25)4-3-18-5-7-21-22(14-18)35-24(26)31-21/h5-8,13-16,27H,2-4,9-12H2,1H3,(H2,26,31)(H,28,29,30). The van der Waals surface area contributed by atoms with Crippen LogP contribution < -0.4 is 16.4 Å². The summed E-state index contributed by atoms with van der Waals surface area (Å²) in [7, 11) is -3.53. The number of hydrogen-bond acceptors (Lipinski definition) is 9. The van der Waals surface area contributed by atoms with Crippen molar-refractivity contribution in [3.63, 3.8) is 0 Å². The van der Waals surface area contributed by atoms with Gasteiger partial charge in [-0.2, -0.15) is 4.31 Å². The number of anilines is 3. The molecule has 1 aliphatic rings. The maximum atomic E-state index is 13.1. The van der Waals surface area contributed by atoms with E-state index in [1.807, 2.05) is 31.5 Å². The average Bonchev–Trinajstić information content (AvgIpc) is 3.04. The lowest BCUT2D eigenvalue weighted by atomic mass is 10.1. The van der Waals surface area contributed by atoms with Gasteiger partial charge in [0.2, 0.25) is 16.0 Å². The Morgan fingerprint density at radius 3 is 2.67 bits per heavy atom. The topological polar surface area (TPSA) is 126 Å². The Bertz CT molecular complexity index is 1460. The van der Waals surface area contributed by atoms with E-state index >= 15 is 0 Å².